The Hall–Kier alpha value is -1.86. The van der Waals surface area contributed by atoms with Crippen molar-refractivity contribution in [3.05, 3.63) is 57.7 Å². The molecule has 1 aromatic heterocycles. The number of carbonyl (C=O) groups excluding carboxylic acids is 1. The molecule has 0 saturated carbocycles. The van der Waals surface area contributed by atoms with Crippen molar-refractivity contribution in [1.29, 1.82) is 0 Å². The highest BCUT2D eigenvalue weighted by Gasteiger charge is 2.33. The first-order valence-electron chi connectivity index (χ1n) is 11.7. The van der Waals surface area contributed by atoms with Crippen LogP contribution in [0.3, 0.4) is 0 Å². The van der Waals surface area contributed by atoms with Crippen LogP contribution in [-0.4, -0.2) is 72.5 Å². The molecule has 3 heterocycles. The summed E-state index contributed by atoms with van der Waals surface area (Å²) in [6.07, 6.45) is 3.97. The number of hydrogen-bond acceptors (Lipinski definition) is 5. The minimum Gasteiger partial charge on any atom is -0.355 e. The number of aromatic nitrogens is 1. The molecule has 1 aromatic carbocycles. The van der Waals surface area contributed by atoms with Gasteiger partial charge in [-0.1, -0.05) is 35.3 Å². The number of likely N-dealkylation sites (tertiary alicyclic amines) is 1. The number of amides is 1. The van der Waals surface area contributed by atoms with E-state index in [2.05, 4.69) is 51.0 Å². The van der Waals surface area contributed by atoms with Crippen LogP contribution in [0, 0.1) is 0 Å². The van der Waals surface area contributed by atoms with Crippen molar-refractivity contribution < 1.29 is 6.22 Å². The number of nitrogens with one attached hydrogen (secondary N) is 1. The first kappa shape index (κ1) is 24.3. The van der Waals surface area contributed by atoms with Crippen LogP contribution in [0.25, 0.3) is 0 Å². The maximum Gasteiger partial charge on any atom is 0.252 e. The summed E-state index contributed by atoms with van der Waals surface area (Å²) in [6.45, 7) is 9.56. The van der Waals surface area contributed by atoms with Crippen LogP contribution in [0.1, 0.15) is 50.1 Å². The highest BCUT2D eigenvalue weighted by molar-refractivity contribution is 6.33. The fourth-order valence-corrected chi connectivity index (χ4v) is 5.61. The van der Waals surface area contributed by atoms with Crippen molar-refractivity contribution in [1.82, 2.24) is 20.1 Å². The zero-order valence-corrected chi connectivity index (χ0v) is 21.1. The fourth-order valence-electron chi connectivity index (χ4n) is 5.20. The second kappa shape index (κ2) is 10.6. The van der Waals surface area contributed by atoms with Gasteiger partial charge in [0.25, 0.3) is 5.91 Å². The average molecular weight is 492 g/mol. The molecule has 2 fully saturated rings. The number of piperazine rings is 1. The number of piperidine rings is 1. The number of rotatable bonds is 5. The van der Waals surface area contributed by atoms with Gasteiger partial charge < -0.3 is 10.2 Å². The number of pyridine rings is 1. The molecule has 2 aliphatic heterocycles. The number of benzene rings is 1. The van der Waals surface area contributed by atoms with Gasteiger partial charge in [0.15, 0.2) is 0 Å². The lowest BCUT2D eigenvalue weighted by atomic mass is 9.97. The van der Waals surface area contributed by atoms with E-state index in [-0.39, 0.29) is 7.33 Å². The summed E-state index contributed by atoms with van der Waals surface area (Å²) in [4.78, 5) is 23.8. The Balaban J connectivity index is 0.00000324. The summed E-state index contributed by atoms with van der Waals surface area (Å²) < 4.78 is 0. The second-order valence-corrected chi connectivity index (χ2v) is 9.98. The van der Waals surface area contributed by atoms with Crippen LogP contribution in [-0.2, 0) is 0 Å². The van der Waals surface area contributed by atoms with Crippen LogP contribution in [0.5, 0.6) is 0 Å². The van der Waals surface area contributed by atoms with Gasteiger partial charge in [-0.05, 0) is 50.5 Å². The predicted molar refractivity (Wildman–Crippen MR) is 138 cm³/mol. The van der Waals surface area contributed by atoms with Gasteiger partial charge in [0, 0.05) is 70.5 Å². The third-order valence-electron chi connectivity index (χ3n) is 7.16. The quantitative estimate of drug-likeness (QED) is 0.654. The van der Waals surface area contributed by atoms with Crippen LogP contribution >= 0.6 is 23.2 Å². The standard InChI is InChI=1S/C25H33Cl2N5O.H2/c1-17-16-31(24-23(27)14-20(15-29-24)25(33)28-3)12-13-32(17)22-8-10-30(11-9-22)18(2)19-4-6-21(26)7-5-19;/h4-7,14-15,17-18,22H,8-13,16H2,1-3H3,(H,28,33);1H/t17-,18+;/m0./s1. The molecule has 6 nitrogen and oxygen atoms in total. The molecular weight excluding hydrogens is 457 g/mol. The van der Waals surface area contributed by atoms with Gasteiger partial charge in [-0.25, -0.2) is 4.98 Å². The van der Waals surface area contributed by atoms with Crippen LogP contribution in [0.2, 0.25) is 10.0 Å². The summed E-state index contributed by atoms with van der Waals surface area (Å²) >= 11 is 12.5. The summed E-state index contributed by atoms with van der Waals surface area (Å²) in [5.41, 5.74) is 1.81. The van der Waals surface area contributed by atoms with Gasteiger partial charge in [0.2, 0.25) is 0 Å². The fraction of sp³-hybridized carbons (Fsp3) is 0.520. The molecule has 33 heavy (non-hydrogen) atoms. The molecule has 4 rings (SSSR count). The Morgan fingerprint density at radius 1 is 1.15 bits per heavy atom. The maximum absolute atomic E-state index is 11.8. The minimum atomic E-state index is -0.175. The normalized spacial score (nSPS) is 21.7. The molecule has 2 saturated heterocycles. The topological polar surface area (TPSA) is 51.7 Å². The van der Waals surface area contributed by atoms with E-state index < -0.39 is 0 Å². The predicted octanol–water partition coefficient (Wildman–Crippen LogP) is 4.73. The van der Waals surface area contributed by atoms with Gasteiger partial charge in [-0.2, -0.15) is 0 Å². The van der Waals surface area contributed by atoms with E-state index in [0.717, 1.165) is 43.6 Å². The summed E-state index contributed by atoms with van der Waals surface area (Å²) in [6, 6.07) is 11.4. The smallest absolute Gasteiger partial charge is 0.252 e. The second-order valence-electron chi connectivity index (χ2n) is 9.14. The number of nitrogens with zero attached hydrogens (tertiary/aromatic N) is 4. The summed E-state index contributed by atoms with van der Waals surface area (Å²) in [5, 5.41) is 3.93. The van der Waals surface area contributed by atoms with Crippen LogP contribution < -0.4 is 10.2 Å². The van der Waals surface area contributed by atoms with E-state index in [1.807, 2.05) is 12.1 Å². The molecular formula is C25H35Cl2N5O. The van der Waals surface area contributed by atoms with Crippen molar-refractivity contribution in [2.75, 3.05) is 44.7 Å². The van der Waals surface area contributed by atoms with Gasteiger partial charge >= 0.3 is 0 Å². The summed E-state index contributed by atoms with van der Waals surface area (Å²) in [5.74, 6) is 0.591. The van der Waals surface area contributed by atoms with Crippen molar-refractivity contribution in [2.24, 2.45) is 0 Å². The first-order chi connectivity index (χ1) is 15.9. The molecule has 0 spiro atoms. The lowest BCUT2D eigenvalue weighted by Gasteiger charge is -2.47. The molecule has 8 heteroatoms. The summed E-state index contributed by atoms with van der Waals surface area (Å²) in [7, 11) is 1.61. The lowest BCUT2D eigenvalue weighted by molar-refractivity contribution is 0.0583. The Labute approximate surface area is 208 Å². The first-order valence-corrected chi connectivity index (χ1v) is 12.5. The van der Waals surface area contributed by atoms with E-state index in [4.69, 9.17) is 23.2 Å². The third-order valence-corrected chi connectivity index (χ3v) is 7.69. The monoisotopic (exact) mass is 491 g/mol. The van der Waals surface area contributed by atoms with Crippen molar-refractivity contribution >= 4 is 34.9 Å². The largest absolute Gasteiger partial charge is 0.355 e. The number of carbonyl (C=O) groups is 1. The van der Waals surface area contributed by atoms with Gasteiger partial charge in [-0.15, -0.1) is 0 Å². The molecule has 2 aliphatic rings. The molecule has 2 atom stereocenters. The Morgan fingerprint density at radius 3 is 2.45 bits per heavy atom. The maximum atomic E-state index is 11.8. The lowest BCUT2D eigenvalue weighted by Crippen LogP contribution is -2.57. The van der Waals surface area contributed by atoms with Gasteiger partial charge in [0.05, 0.1) is 10.6 Å². The molecule has 2 aromatic rings. The minimum absolute atomic E-state index is 0. The van der Waals surface area contributed by atoms with Gasteiger partial charge in [0.1, 0.15) is 5.82 Å². The Morgan fingerprint density at radius 2 is 1.85 bits per heavy atom. The number of hydrogen-bond donors (Lipinski definition) is 1. The van der Waals surface area contributed by atoms with Crippen LogP contribution in [0.15, 0.2) is 36.5 Å². The van der Waals surface area contributed by atoms with E-state index >= 15 is 0 Å². The third kappa shape index (κ3) is 5.46. The average Bonchev–Trinajstić information content (AvgIpc) is 2.83. The van der Waals surface area contributed by atoms with Crippen molar-refractivity contribution in [2.45, 2.75) is 44.8 Å². The molecule has 0 aliphatic carbocycles. The number of anilines is 1. The molecule has 1 amide bonds. The highest BCUT2D eigenvalue weighted by Crippen LogP contribution is 2.30. The van der Waals surface area contributed by atoms with Crippen molar-refractivity contribution in [3.8, 4) is 0 Å². The molecule has 0 unspecified atom stereocenters. The van der Waals surface area contributed by atoms with Crippen LogP contribution in [0.4, 0.5) is 5.82 Å². The molecule has 180 valence electrons. The molecule has 1 N–H and O–H groups in total. The highest BCUT2D eigenvalue weighted by atomic mass is 35.5. The Kier molecular flexibility index (Phi) is 7.80. The van der Waals surface area contributed by atoms with E-state index in [0.29, 0.717) is 28.7 Å². The van der Waals surface area contributed by atoms with E-state index in [1.54, 1.807) is 19.3 Å². The SMILES string of the molecule is CNC(=O)c1cnc(N2CCN(C3CCN([C@H](C)c4ccc(Cl)cc4)CC3)[C@@H](C)C2)c(Cl)c1.[HH]. The Bertz CT molecular complexity index is 968. The number of halogens is 2. The zero-order valence-electron chi connectivity index (χ0n) is 19.6. The van der Waals surface area contributed by atoms with E-state index in [9.17, 15) is 4.79 Å². The van der Waals surface area contributed by atoms with E-state index in [1.165, 1.54) is 18.4 Å². The van der Waals surface area contributed by atoms with Gasteiger partial charge in [-0.3, -0.25) is 14.6 Å². The molecule has 0 bridgehead atoms. The van der Waals surface area contributed by atoms with Crippen molar-refractivity contribution in [3.63, 3.8) is 0 Å². The molecule has 0 radical (unpaired) electrons. The zero-order chi connectivity index (χ0) is 23.5.